The second kappa shape index (κ2) is 4.69. The molecule has 0 amide bonds. The molecule has 1 N–H and O–H groups in total. The number of imidazole rings is 1. The van der Waals surface area contributed by atoms with Gasteiger partial charge in [0.1, 0.15) is 12.4 Å². The fourth-order valence-electron chi connectivity index (χ4n) is 1.45. The number of rotatable bonds is 4. The van der Waals surface area contributed by atoms with E-state index in [1.807, 2.05) is 30.3 Å². The smallest absolute Gasteiger partial charge is 0.372 e. The van der Waals surface area contributed by atoms with E-state index >= 15 is 0 Å². The Labute approximate surface area is 98.3 Å². The number of hydrogen-bond acceptors (Lipinski definition) is 3. The number of aromatic nitrogens is 2. The molecule has 0 unspecified atom stereocenters. The van der Waals surface area contributed by atoms with Gasteiger partial charge in [0.25, 0.3) is 0 Å². The van der Waals surface area contributed by atoms with Gasteiger partial charge in [-0.2, -0.15) is 0 Å². The van der Waals surface area contributed by atoms with Crippen LogP contribution in [0.1, 0.15) is 16.3 Å². The molecule has 0 atom stereocenters. The van der Waals surface area contributed by atoms with Crippen molar-refractivity contribution in [2.75, 3.05) is 0 Å². The Kier molecular flexibility index (Phi) is 3.09. The fraction of sp³-hybridized carbons (Fsp3) is 0.167. The number of benzene rings is 1. The molecule has 17 heavy (non-hydrogen) atoms. The van der Waals surface area contributed by atoms with E-state index in [2.05, 4.69) is 4.98 Å². The van der Waals surface area contributed by atoms with E-state index in [1.54, 1.807) is 7.05 Å². The molecule has 0 saturated carbocycles. The minimum Gasteiger partial charge on any atom is -0.487 e. The normalized spacial score (nSPS) is 10.2. The average molecular weight is 232 g/mol. The Hall–Kier alpha value is -2.30. The van der Waals surface area contributed by atoms with Gasteiger partial charge in [0.15, 0.2) is 0 Å². The van der Waals surface area contributed by atoms with Gasteiger partial charge in [-0.25, -0.2) is 9.78 Å². The first kappa shape index (κ1) is 11.2. The standard InChI is InChI=1S/C12H12N2O3/c1-14-9(7-13-11(14)12(15)16)8-17-10-5-3-2-4-6-10/h2-7H,8H2,1H3,(H,15,16). The lowest BCUT2D eigenvalue weighted by atomic mass is 10.3. The van der Waals surface area contributed by atoms with Gasteiger partial charge >= 0.3 is 5.97 Å². The second-order valence-corrected chi connectivity index (χ2v) is 3.54. The first-order chi connectivity index (χ1) is 8.18. The first-order valence-electron chi connectivity index (χ1n) is 5.10. The molecule has 0 aliphatic carbocycles. The summed E-state index contributed by atoms with van der Waals surface area (Å²) in [5.41, 5.74) is 0.714. The van der Waals surface area contributed by atoms with Gasteiger partial charge in [-0.15, -0.1) is 0 Å². The van der Waals surface area contributed by atoms with Crippen molar-refractivity contribution in [3.05, 3.63) is 48.0 Å². The number of carbonyl (C=O) groups is 1. The van der Waals surface area contributed by atoms with Crippen LogP contribution >= 0.6 is 0 Å². The summed E-state index contributed by atoms with van der Waals surface area (Å²) in [6.07, 6.45) is 1.51. The molecule has 0 aliphatic rings. The summed E-state index contributed by atoms with van der Waals surface area (Å²) >= 11 is 0. The van der Waals surface area contributed by atoms with Gasteiger partial charge in [0, 0.05) is 7.05 Å². The number of aromatic carboxylic acids is 1. The lowest BCUT2D eigenvalue weighted by Crippen LogP contribution is -2.09. The zero-order chi connectivity index (χ0) is 12.3. The van der Waals surface area contributed by atoms with E-state index in [-0.39, 0.29) is 5.82 Å². The summed E-state index contributed by atoms with van der Waals surface area (Å²) in [7, 11) is 1.65. The highest BCUT2D eigenvalue weighted by Crippen LogP contribution is 2.12. The Balaban J connectivity index is 2.07. The third-order valence-electron chi connectivity index (χ3n) is 2.41. The van der Waals surface area contributed by atoms with Crippen molar-refractivity contribution < 1.29 is 14.6 Å². The highest BCUT2D eigenvalue weighted by molar-refractivity contribution is 5.83. The maximum Gasteiger partial charge on any atom is 0.372 e. The van der Waals surface area contributed by atoms with Crippen molar-refractivity contribution in [3.8, 4) is 5.75 Å². The van der Waals surface area contributed by atoms with Crippen LogP contribution in [0.25, 0.3) is 0 Å². The van der Waals surface area contributed by atoms with E-state index in [0.29, 0.717) is 12.3 Å². The lowest BCUT2D eigenvalue weighted by Gasteiger charge is -2.06. The SMILES string of the molecule is Cn1c(COc2ccccc2)cnc1C(=O)O. The summed E-state index contributed by atoms with van der Waals surface area (Å²) in [6, 6.07) is 9.34. The Morgan fingerprint density at radius 3 is 2.71 bits per heavy atom. The van der Waals surface area contributed by atoms with Crippen molar-refractivity contribution in [3.63, 3.8) is 0 Å². The quantitative estimate of drug-likeness (QED) is 0.871. The van der Waals surface area contributed by atoms with Crippen molar-refractivity contribution in [1.82, 2.24) is 9.55 Å². The molecular formula is C12H12N2O3. The largest absolute Gasteiger partial charge is 0.487 e. The molecule has 0 bridgehead atoms. The molecule has 5 heteroatoms. The maximum absolute atomic E-state index is 10.8. The Morgan fingerprint density at radius 2 is 2.12 bits per heavy atom. The van der Waals surface area contributed by atoms with Crippen molar-refractivity contribution in [2.45, 2.75) is 6.61 Å². The molecule has 0 radical (unpaired) electrons. The monoisotopic (exact) mass is 232 g/mol. The molecule has 0 fully saturated rings. The van der Waals surface area contributed by atoms with Crippen LogP contribution in [0.4, 0.5) is 0 Å². The van der Waals surface area contributed by atoms with Crippen LogP contribution in [-0.2, 0) is 13.7 Å². The Morgan fingerprint density at radius 1 is 1.41 bits per heavy atom. The molecule has 2 rings (SSSR count). The molecule has 2 aromatic rings. The number of carboxylic acids is 1. The minimum atomic E-state index is -1.04. The maximum atomic E-state index is 10.8. The average Bonchev–Trinajstić information content (AvgIpc) is 2.69. The molecule has 1 heterocycles. The summed E-state index contributed by atoms with van der Waals surface area (Å²) in [6.45, 7) is 0.292. The number of ether oxygens (including phenoxy) is 1. The van der Waals surface area contributed by atoms with Crippen molar-refractivity contribution >= 4 is 5.97 Å². The van der Waals surface area contributed by atoms with Crippen LogP contribution in [-0.4, -0.2) is 20.6 Å². The summed E-state index contributed by atoms with van der Waals surface area (Å²) in [5, 5.41) is 8.84. The van der Waals surface area contributed by atoms with E-state index in [1.165, 1.54) is 10.8 Å². The molecule has 5 nitrogen and oxygen atoms in total. The molecule has 88 valence electrons. The molecule has 1 aromatic carbocycles. The molecule has 0 saturated heterocycles. The minimum absolute atomic E-state index is 0.0108. The van der Waals surface area contributed by atoms with E-state index in [9.17, 15) is 4.79 Å². The van der Waals surface area contributed by atoms with Crippen molar-refractivity contribution in [1.29, 1.82) is 0 Å². The van der Waals surface area contributed by atoms with Gasteiger partial charge in [0.05, 0.1) is 11.9 Å². The highest BCUT2D eigenvalue weighted by atomic mass is 16.5. The number of hydrogen-bond donors (Lipinski definition) is 1. The van der Waals surface area contributed by atoms with Crippen LogP contribution in [0.15, 0.2) is 36.5 Å². The lowest BCUT2D eigenvalue weighted by molar-refractivity contribution is 0.0679. The van der Waals surface area contributed by atoms with Gasteiger partial charge in [-0.05, 0) is 12.1 Å². The van der Waals surface area contributed by atoms with Crippen LogP contribution < -0.4 is 4.74 Å². The first-order valence-corrected chi connectivity index (χ1v) is 5.10. The highest BCUT2D eigenvalue weighted by Gasteiger charge is 2.12. The van der Waals surface area contributed by atoms with Crippen molar-refractivity contribution in [2.24, 2.45) is 7.05 Å². The zero-order valence-electron chi connectivity index (χ0n) is 9.33. The third-order valence-corrected chi connectivity index (χ3v) is 2.41. The summed E-state index contributed by atoms with van der Waals surface area (Å²) < 4.78 is 7.02. The number of carboxylic acid groups (broad SMARTS) is 1. The Bertz CT molecular complexity index is 520. The summed E-state index contributed by atoms with van der Waals surface area (Å²) in [4.78, 5) is 14.6. The van der Waals surface area contributed by atoms with Gasteiger partial charge in [0.2, 0.25) is 5.82 Å². The van der Waals surface area contributed by atoms with Gasteiger partial charge < -0.3 is 14.4 Å². The van der Waals surface area contributed by atoms with Crippen LogP contribution in [0.3, 0.4) is 0 Å². The van der Waals surface area contributed by atoms with Gasteiger partial charge in [-0.1, -0.05) is 18.2 Å². The van der Waals surface area contributed by atoms with E-state index in [4.69, 9.17) is 9.84 Å². The third kappa shape index (κ3) is 2.44. The van der Waals surface area contributed by atoms with Crippen LogP contribution in [0.5, 0.6) is 5.75 Å². The molecular weight excluding hydrogens is 220 g/mol. The summed E-state index contributed by atoms with van der Waals surface area (Å²) in [5.74, 6) is -0.291. The fourth-order valence-corrected chi connectivity index (χ4v) is 1.45. The van der Waals surface area contributed by atoms with Crippen LogP contribution in [0.2, 0.25) is 0 Å². The topological polar surface area (TPSA) is 64.4 Å². The van der Waals surface area contributed by atoms with E-state index in [0.717, 1.165) is 5.75 Å². The predicted molar refractivity (Wildman–Crippen MR) is 60.9 cm³/mol. The molecule has 0 spiro atoms. The zero-order valence-corrected chi connectivity index (χ0v) is 9.33. The number of para-hydroxylation sites is 1. The molecule has 0 aliphatic heterocycles. The second-order valence-electron chi connectivity index (χ2n) is 3.54. The number of nitrogens with zero attached hydrogens (tertiary/aromatic N) is 2. The predicted octanol–water partition coefficient (Wildman–Crippen LogP) is 1.70. The van der Waals surface area contributed by atoms with Crippen LogP contribution in [0, 0.1) is 0 Å². The molecule has 1 aromatic heterocycles. The van der Waals surface area contributed by atoms with Gasteiger partial charge in [-0.3, -0.25) is 0 Å². The van der Waals surface area contributed by atoms with E-state index < -0.39 is 5.97 Å².